The molecule has 0 bridgehead atoms. The maximum absolute atomic E-state index is 12.4. The van der Waals surface area contributed by atoms with Crippen LogP contribution < -0.4 is 10.6 Å². The Labute approximate surface area is 131 Å². The molecule has 2 fully saturated rings. The zero-order chi connectivity index (χ0) is 15.7. The van der Waals surface area contributed by atoms with Gasteiger partial charge in [-0.25, -0.2) is 0 Å². The van der Waals surface area contributed by atoms with Crippen LogP contribution in [0.25, 0.3) is 0 Å². The summed E-state index contributed by atoms with van der Waals surface area (Å²) >= 11 is 0. The Bertz CT molecular complexity index is 574. The summed E-state index contributed by atoms with van der Waals surface area (Å²) in [5.41, 5.74) is 1.64. The van der Waals surface area contributed by atoms with Gasteiger partial charge in [0, 0.05) is 31.3 Å². The Balaban J connectivity index is 1.59. The smallest absolute Gasteiger partial charge is 0.253 e. The van der Waals surface area contributed by atoms with Gasteiger partial charge in [0.25, 0.3) is 5.91 Å². The first kappa shape index (κ1) is 15.0. The molecule has 1 aromatic rings. The molecule has 1 spiro atoms. The zero-order valence-electron chi connectivity index (χ0n) is 13.2. The predicted molar refractivity (Wildman–Crippen MR) is 85.7 cm³/mol. The van der Waals surface area contributed by atoms with Crippen molar-refractivity contribution < 1.29 is 9.59 Å². The first-order chi connectivity index (χ1) is 10.5. The van der Waals surface area contributed by atoms with Crippen LogP contribution in [0.2, 0.25) is 0 Å². The molecule has 1 aliphatic heterocycles. The lowest BCUT2D eigenvalue weighted by Crippen LogP contribution is -2.31. The summed E-state index contributed by atoms with van der Waals surface area (Å²) in [6, 6.07) is 7.11. The minimum absolute atomic E-state index is 0.0336. The number of carbonyl (C=O) groups is 2. The largest absolute Gasteiger partial charge is 0.345 e. The van der Waals surface area contributed by atoms with Crippen LogP contribution in [-0.4, -0.2) is 43.9 Å². The highest BCUT2D eigenvalue weighted by atomic mass is 16.2. The van der Waals surface area contributed by atoms with E-state index in [-0.39, 0.29) is 23.1 Å². The molecule has 1 atom stereocenters. The van der Waals surface area contributed by atoms with E-state index >= 15 is 0 Å². The number of anilines is 1. The van der Waals surface area contributed by atoms with Crippen molar-refractivity contribution in [3.05, 3.63) is 29.8 Å². The molecule has 22 heavy (non-hydrogen) atoms. The van der Waals surface area contributed by atoms with Gasteiger partial charge < -0.3 is 15.5 Å². The molecule has 1 aliphatic carbocycles. The molecule has 5 nitrogen and oxygen atoms in total. The average Bonchev–Trinajstić information content (AvgIpc) is 3.21. The average molecular weight is 301 g/mol. The van der Waals surface area contributed by atoms with Crippen LogP contribution in [0.4, 0.5) is 5.69 Å². The van der Waals surface area contributed by atoms with Crippen LogP contribution >= 0.6 is 0 Å². The summed E-state index contributed by atoms with van der Waals surface area (Å²) in [6.45, 7) is 2.04. The Morgan fingerprint density at radius 2 is 1.82 bits per heavy atom. The molecule has 2 aliphatic rings. The van der Waals surface area contributed by atoms with E-state index in [1.54, 1.807) is 43.3 Å². The quantitative estimate of drug-likeness (QED) is 0.893. The number of piperidine rings is 1. The molecule has 1 saturated heterocycles. The van der Waals surface area contributed by atoms with E-state index in [2.05, 4.69) is 10.6 Å². The number of rotatable bonds is 3. The number of nitrogens with zero attached hydrogens (tertiary/aromatic N) is 1. The van der Waals surface area contributed by atoms with Crippen LogP contribution in [0.5, 0.6) is 0 Å². The fourth-order valence-electron chi connectivity index (χ4n) is 3.38. The van der Waals surface area contributed by atoms with Gasteiger partial charge in [-0.2, -0.15) is 0 Å². The van der Waals surface area contributed by atoms with Crippen molar-refractivity contribution in [1.29, 1.82) is 0 Å². The summed E-state index contributed by atoms with van der Waals surface area (Å²) in [6.07, 6.45) is 3.21. The summed E-state index contributed by atoms with van der Waals surface area (Å²) in [5, 5.41) is 6.33. The molecule has 1 heterocycles. The van der Waals surface area contributed by atoms with Gasteiger partial charge in [0.15, 0.2) is 0 Å². The van der Waals surface area contributed by atoms with Gasteiger partial charge in [0.1, 0.15) is 0 Å². The second-order valence-electron chi connectivity index (χ2n) is 6.64. The van der Waals surface area contributed by atoms with Crippen LogP contribution in [0.1, 0.15) is 29.6 Å². The topological polar surface area (TPSA) is 61.4 Å². The van der Waals surface area contributed by atoms with Crippen molar-refractivity contribution in [3.63, 3.8) is 0 Å². The summed E-state index contributed by atoms with van der Waals surface area (Å²) in [5.74, 6) is 0.236. The van der Waals surface area contributed by atoms with Crippen LogP contribution in [0.3, 0.4) is 0 Å². The number of amides is 2. The van der Waals surface area contributed by atoms with Gasteiger partial charge in [-0.05, 0) is 62.0 Å². The Kier molecular flexibility index (Phi) is 3.91. The Morgan fingerprint density at radius 3 is 2.41 bits per heavy atom. The van der Waals surface area contributed by atoms with E-state index < -0.39 is 0 Å². The van der Waals surface area contributed by atoms with Gasteiger partial charge >= 0.3 is 0 Å². The second kappa shape index (κ2) is 5.72. The van der Waals surface area contributed by atoms with Crippen molar-refractivity contribution in [2.24, 2.45) is 11.3 Å². The second-order valence-corrected chi connectivity index (χ2v) is 6.64. The van der Waals surface area contributed by atoms with Crippen molar-refractivity contribution in [2.75, 3.05) is 32.5 Å². The minimum Gasteiger partial charge on any atom is -0.345 e. The van der Waals surface area contributed by atoms with Crippen LogP contribution in [0, 0.1) is 11.3 Å². The molecule has 5 heteroatoms. The molecule has 3 rings (SSSR count). The summed E-state index contributed by atoms with van der Waals surface area (Å²) < 4.78 is 0. The molecule has 118 valence electrons. The third-order valence-electron chi connectivity index (χ3n) is 4.91. The minimum atomic E-state index is -0.0336. The van der Waals surface area contributed by atoms with Gasteiger partial charge in [0.2, 0.25) is 5.91 Å². The molecule has 1 saturated carbocycles. The van der Waals surface area contributed by atoms with E-state index in [4.69, 9.17) is 0 Å². The molecule has 0 aromatic heterocycles. The SMILES string of the molecule is CN(C)C(=O)c1ccc(NC(=O)C2CC23CCNCC3)cc1. The third-order valence-corrected chi connectivity index (χ3v) is 4.91. The number of nitrogens with one attached hydrogen (secondary N) is 2. The summed E-state index contributed by atoms with van der Waals surface area (Å²) in [4.78, 5) is 25.7. The third kappa shape index (κ3) is 2.86. The molecule has 2 N–H and O–H groups in total. The zero-order valence-corrected chi connectivity index (χ0v) is 13.2. The van der Waals surface area contributed by atoms with Crippen LogP contribution in [0.15, 0.2) is 24.3 Å². The fourth-order valence-corrected chi connectivity index (χ4v) is 3.38. The highest BCUT2D eigenvalue weighted by molar-refractivity contribution is 5.97. The van der Waals surface area contributed by atoms with Gasteiger partial charge in [0.05, 0.1) is 0 Å². The highest BCUT2D eigenvalue weighted by Gasteiger charge is 2.57. The van der Waals surface area contributed by atoms with E-state index in [0.29, 0.717) is 5.56 Å². The Morgan fingerprint density at radius 1 is 1.18 bits per heavy atom. The lowest BCUT2D eigenvalue weighted by molar-refractivity contribution is -0.118. The summed E-state index contributed by atoms with van der Waals surface area (Å²) in [7, 11) is 3.45. The van der Waals surface area contributed by atoms with E-state index in [9.17, 15) is 9.59 Å². The first-order valence-electron chi connectivity index (χ1n) is 7.85. The van der Waals surface area contributed by atoms with Crippen molar-refractivity contribution in [2.45, 2.75) is 19.3 Å². The van der Waals surface area contributed by atoms with E-state index in [1.165, 1.54) is 0 Å². The maximum Gasteiger partial charge on any atom is 0.253 e. The Hall–Kier alpha value is -1.88. The first-order valence-corrected chi connectivity index (χ1v) is 7.85. The number of hydrogen-bond acceptors (Lipinski definition) is 3. The monoisotopic (exact) mass is 301 g/mol. The molecule has 1 unspecified atom stereocenters. The van der Waals surface area contributed by atoms with Crippen molar-refractivity contribution >= 4 is 17.5 Å². The standard InChI is InChI=1S/C17H23N3O2/c1-20(2)16(22)12-3-5-13(6-4-12)19-15(21)14-11-17(14)7-9-18-10-8-17/h3-6,14,18H,7-11H2,1-2H3,(H,19,21). The molecule has 1 aromatic carbocycles. The van der Waals surface area contributed by atoms with E-state index in [1.807, 2.05) is 0 Å². The van der Waals surface area contributed by atoms with Crippen LogP contribution in [-0.2, 0) is 4.79 Å². The number of hydrogen-bond donors (Lipinski definition) is 2. The lowest BCUT2D eigenvalue weighted by atomic mass is 9.92. The number of carbonyl (C=O) groups excluding carboxylic acids is 2. The predicted octanol–water partition coefficient (Wildman–Crippen LogP) is 1.72. The van der Waals surface area contributed by atoms with Crippen molar-refractivity contribution in [1.82, 2.24) is 10.2 Å². The van der Waals surface area contributed by atoms with Gasteiger partial charge in [-0.3, -0.25) is 9.59 Å². The lowest BCUT2D eigenvalue weighted by Gasteiger charge is -2.23. The fraction of sp³-hybridized carbons (Fsp3) is 0.529. The number of benzene rings is 1. The van der Waals surface area contributed by atoms with Crippen molar-refractivity contribution in [3.8, 4) is 0 Å². The van der Waals surface area contributed by atoms with E-state index in [0.717, 1.165) is 38.0 Å². The van der Waals surface area contributed by atoms with Gasteiger partial charge in [-0.1, -0.05) is 0 Å². The molecule has 2 amide bonds. The van der Waals surface area contributed by atoms with Gasteiger partial charge in [-0.15, -0.1) is 0 Å². The maximum atomic E-state index is 12.4. The molecular weight excluding hydrogens is 278 g/mol. The molecular formula is C17H23N3O2. The highest BCUT2D eigenvalue weighted by Crippen LogP contribution is 2.58. The normalized spacial score (nSPS) is 22.2. The molecule has 0 radical (unpaired) electrons.